The second-order valence-corrected chi connectivity index (χ2v) is 7.81. The second kappa shape index (κ2) is 7.27. The van der Waals surface area contributed by atoms with E-state index in [1.165, 1.54) is 0 Å². The third-order valence-corrected chi connectivity index (χ3v) is 5.98. The van der Waals surface area contributed by atoms with Gasteiger partial charge in [-0.2, -0.15) is 5.26 Å². The molecule has 2 aliphatic rings. The third-order valence-electron chi connectivity index (χ3n) is 4.91. The predicted octanol–water partition coefficient (Wildman–Crippen LogP) is 4.64. The van der Waals surface area contributed by atoms with E-state index in [1.54, 1.807) is 11.3 Å². The fraction of sp³-hybridized carbons (Fsp3) is 0.217. The van der Waals surface area contributed by atoms with Crippen LogP contribution >= 0.6 is 11.3 Å². The molecule has 1 aromatic heterocycles. The van der Waals surface area contributed by atoms with Crippen molar-refractivity contribution in [1.82, 2.24) is 5.32 Å². The molecule has 0 saturated heterocycles. The molecule has 0 amide bonds. The Morgan fingerprint density at radius 2 is 1.93 bits per heavy atom. The van der Waals surface area contributed by atoms with Crippen molar-refractivity contribution in [2.45, 2.75) is 32.1 Å². The average Bonchev–Trinajstić information content (AvgIpc) is 3.15. The van der Waals surface area contributed by atoms with Crippen LogP contribution in [0.1, 0.15) is 47.4 Å². The monoisotopic (exact) mass is 370 g/mol. The average molecular weight is 370 g/mol. The van der Waals surface area contributed by atoms with E-state index < -0.39 is 0 Å². The van der Waals surface area contributed by atoms with Gasteiger partial charge >= 0.3 is 0 Å². The van der Waals surface area contributed by atoms with E-state index in [1.807, 2.05) is 49.4 Å². The molecule has 0 saturated carbocycles. The highest BCUT2D eigenvalue weighted by atomic mass is 32.1. The number of rotatable bonds is 1. The zero-order valence-electron chi connectivity index (χ0n) is 15.0. The maximum absolute atomic E-state index is 12.6. The molecule has 1 unspecified atom stereocenters. The van der Waals surface area contributed by atoms with Crippen LogP contribution < -0.4 is 5.32 Å². The quantitative estimate of drug-likeness (QED) is 0.744. The number of ketones is 1. The number of nitrogens with zero attached hydrogens (tertiary/aromatic N) is 1. The molecule has 4 heteroatoms. The lowest BCUT2D eigenvalue weighted by molar-refractivity contribution is -0.116. The summed E-state index contributed by atoms with van der Waals surface area (Å²) in [6.07, 6.45) is 2.28. The number of dihydropyridines is 1. The van der Waals surface area contributed by atoms with E-state index in [4.69, 9.17) is 0 Å². The summed E-state index contributed by atoms with van der Waals surface area (Å²) >= 11 is 1.56. The zero-order chi connectivity index (χ0) is 18.8. The van der Waals surface area contributed by atoms with E-state index >= 15 is 0 Å². The lowest BCUT2D eigenvalue weighted by Gasteiger charge is -2.31. The fourth-order valence-electron chi connectivity index (χ4n) is 3.65. The van der Waals surface area contributed by atoms with Crippen LogP contribution in [0.4, 0.5) is 0 Å². The molecular formula is C23H18N2OS. The molecule has 3 nitrogen and oxygen atoms in total. The maximum atomic E-state index is 12.6. The molecule has 4 rings (SSSR count). The number of nitrogens with one attached hydrogen (secondary N) is 1. The Bertz CT molecular complexity index is 1070. The topological polar surface area (TPSA) is 52.9 Å². The van der Waals surface area contributed by atoms with Crippen LogP contribution in [0, 0.1) is 23.2 Å². The number of allylic oxidation sites excluding steroid dienone is 4. The van der Waals surface area contributed by atoms with E-state index in [2.05, 4.69) is 23.2 Å². The Morgan fingerprint density at radius 1 is 1.11 bits per heavy atom. The van der Waals surface area contributed by atoms with Crippen LogP contribution in [-0.4, -0.2) is 5.78 Å². The van der Waals surface area contributed by atoms with Crippen molar-refractivity contribution in [2.75, 3.05) is 0 Å². The lowest BCUT2D eigenvalue weighted by Crippen LogP contribution is -2.30. The van der Waals surface area contributed by atoms with Gasteiger partial charge in [0.05, 0.1) is 22.4 Å². The maximum Gasteiger partial charge on any atom is 0.161 e. The molecule has 1 aliphatic heterocycles. The number of Topliss-reactive ketones (excluding diaryl/α,β-unsaturated/α-hetero) is 1. The Kier molecular flexibility index (Phi) is 4.67. The van der Waals surface area contributed by atoms with E-state index in [0.717, 1.165) is 45.1 Å². The van der Waals surface area contributed by atoms with Crippen molar-refractivity contribution in [3.8, 4) is 17.9 Å². The van der Waals surface area contributed by atoms with Gasteiger partial charge in [-0.3, -0.25) is 4.79 Å². The van der Waals surface area contributed by atoms with Crippen LogP contribution in [0.15, 0.2) is 65.0 Å². The van der Waals surface area contributed by atoms with Crippen LogP contribution in [0.5, 0.6) is 0 Å². The molecule has 132 valence electrons. The minimum Gasteiger partial charge on any atom is -0.361 e. The molecular weight excluding hydrogens is 352 g/mol. The normalized spacial score (nSPS) is 19.0. The summed E-state index contributed by atoms with van der Waals surface area (Å²) in [5.74, 6) is 6.25. The molecule has 0 bridgehead atoms. The van der Waals surface area contributed by atoms with Gasteiger partial charge in [0, 0.05) is 33.8 Å². The third kappa shape index (κ3) is 3.33. The first-order chi connectivity index (χ1) is 13.2. The van der Waals surface area contributed by atoms with Gasteiger partial charge < -0.3 is 5.32 Å². The van der Waals surface area contributed by atoms with E-state index in [-0.39, 0.29) is 11.7 Å². The molecule has 0 spiro atoms. The van der Waals surface area contributed by atoms with Crippen LogP contribution in [0.2, 0.25) is 0 Å². The summed E-state index contributed by atoms with van der Waals surface area (Å²) in [7, 11) is 0. The highest BCUT2D eigenvalue weighted by molar-refractivity contribution is 7.12. The van der Waals surface area contributed by atoms with Crippen molar-refractivity contribution in [3.05, 3.63) is 80.3 Å². The standard InChI is InChI=1S/C23H18N2OS/c1-15-18(14-24)22(23-19(25-15)8-5-9-20(23)26)21-13-12-17(27-21)11-10-16-6-3-2-4-7-16/h2-4,6-7,12-13,22,25H,5,8-9H2,1H3. The number of nitriles is 1. The Balaban J connectivity index is 1.73. The second-order valence-electron chi connectivity index (χ2n) is 6.70. The largest absolute Gasteiger partial charge is 0.361 e. The van der Waals surface area contributed by atoms with Crippen molar-refractivity contribution in [3.63, 3.8) is 0 Å². The molecule has 1 atom stereocenters. The molecule has 1 aromatic carbocycles. The van der Waals surface area contributed by atoms with Crippen LogP contribution in [-0.2, 0) is 4.79 Å². The van der Waals surface area contributed by atoms with Gasteiger partial charge in [-0.15, -0.1) is 11.3 Å². The first-order valence-electron chi connectivity index (χ1n) is 8.98. The van der Waals surface area contributed by atoms with Gasteiger partial charge in [-0.1, -0.05) is 30.0 Å². The van der Waals surface area contributed by atoms with Crippen molar-refractivity contribution >= 4 is 17.1 Å². The smallest absolute Gasteiger partial charge is 0.161 e. The van der Waals surface area contributed by atoms with Crippen LogP contribution in [0.3, 0.4) is 0 Å². The van der Waals surface area contributed by atoms with Gasteiger partial charge in [0.1, 0.15) is 0 Å². The molecule has 2 heterocycles. The Labute approximate surface area is 163 Å². The Hall–Kier alpha value is -3.08. The minimum atomic E-state index is -0.267. The Morgan fingerprint density at radius 3 is 2.70 bits per heavy atom. The zero-order valence-corrected chi connectivity index (χ0v) is 15.8. The summed E-state index contributed by atoms with van der Waals surface area (Å²) in [4.78, 5) is 14.6. The number of hydrogen-bond acceptors (Lipinski definition) is 4. The summed E-state index contributed by atoms with van der Waals surface area (Å²) in [5, 5.41) is 13.0. The van der Waals surface area contributed by atoms with Crippen molar-refractivity contribution in [1.29, 1.82) is 5.26 Å². The van der Waals surface area contributed by atoms with E-state index in [9.17, 15) is 10.1 Å². The van der Waals surface area contributed by atoms with E-state index in [0.29, 0.717) is 12.0 Å². The van der Waals surface area contributed by atoms with Gasteiger partial charge in [-0.05, 0) is 44.0 Å². The molecule has 2 aromatic rings. The highest BCUT2D eigenvalue weighted by Crippen LogP contribution is 2.43. The number of carbonyl (C=O) groups is 1. The van der Waals surface area contributed by atoms with Crippen LogP contribution in [0.25, 0.3) is 0 Å². The molecule has 0 radical (unpaired) electrons. The summed E-state index contributed by atoms with van der Waals surface area (Å²) < 4.78 is 0. The van der Waals surface area contributed by atoms with Crippen molar-refractivity contribution in [2.24, 2.45) is 0 Å². The summed E-state index contributed by atoms with van der Waals surface area (Å²) in [5.41, 5.74) is 4.20. The van der Waals surface area contributed by atoms with Gasteiger partial charge in [0.2, 0.25) is 0 Å². The molecule has 1 aliphatic carbocycles. The fourth-order valence-corrected chi connectivity index (χ4v) is 4.63. The number of benzene rings is 1. The number of hydrogen-bond donors (Lipinski definition) is 1. The summed E-state index contributed by atoms with van der Waals surface area (Å²) in [6.45, 7) is 1.91. The van der Waals surface area contributed by atoms with Crippen molar-refractivity contribution < 1.29 is 4.79 Å². The highest BCUT2D eigenvalue weighted by Gasteiger charge is 2.36. The SMILES string of the molecule is CC1=C(C#N)C(c2ccc(C#Cc3ccccc3)s2)C2=C(CCCC2=O)N1. The lowest BCUT2D eigenvalue weighted by atomic mass is 9.78. The molecule has 27 heavy (non-hydrogen) atoms. The van der Waals surface area contributed by atoms with Gasteiger partial charge in [-0.25, -0.2) is 0 Å². The predicted molar refractivity (Wildman–Crippen MR) is 107 cm³/mol. The van der Waals surface area contributed by atoms with Gasteiger partial charge in [0.15, 0.2) is 5.78 Å². The number of thiophene rings is 1. The first kappa shape index (κ1) is 17.3. The molecule has 1 N–H and O–H groups in total. The summed E-state index contributed by atoms with van der Waals surface area (Å²) in [6, 6.07) is 16.2. The molecule has 0 fully saturated rings. The first-order valence-corrected chi connectivity index (χ1v) is 9.80. The number of carbonyl (C=O) groups excluding carboxylic acids is 1. The minimum absolute atomic E-state index is 0.152. The van der Waals surface area contributed by atoms with Gasteiger partial charge in [0.25, 0.3) is 0 Å².